The summed E-state index contributed by atoms with van der Waals surface area (Å²) in [6.45, 7) is 6.86. The summed E-state index contributed by atoms with van der Waals surface area (Å²) >= 11 is 0. The molecule has 2 amide bonds. The van der Waals surface area contributed by atoms with Crippen LogP contribution in [-0.4, -0.2) is 29.4 Å². The first kappa shape index (κ1) is 19.0. The number of rotatable bonds is 6. The third-order valence-electron chi connectivity index (χ3n) is 4.76. The van der Waals surface area contributed by atoms with Gasteiger partial charge in [0.15, 0.2) is 0 Å². The molecule has 0 spiro atoms. The number of benzene rings is 2. The Balaban J connectivity index is 1.77. The van der Waals surface area contributed by atoms with Crippen LogP contribution in [-0.2, 0) is 22.6 Å². The van der Waals surface area contributed by atoms with Crippen LogP contribution < -0.4 is 10.1 Å². The van der Waals surface area contributed by atoms with Crippen LogP contribution in [0.2, 0.25) is 0 Å². The molecule has 0 bridgehead atoms. The molecule has 0 fully saturated rings. The topological polar surface area (TPSA) is 58.6 Å². The van der Waals surface area contributed by atoms with Gasteiger partial charge in [0.05, 0.1) is 13.0 Å². The van der Waals surface area contributed by atoms with Gasteiger partial charge in [0, 0.05) is 12.6 Å². The molecule has 0 aliphatic carbocycles. The molecule has 142 valence electrons. The molecule has 2 aromatic carbocycles. The fourth-order valence-electron chi connectivity index (χ4n) is 3.52. The van der Waals surface area contributed by atoms with Crippen molar-refractivity contribution in [3.8, 4) is 5.75 Å². The average molecular weight is 366 g/mol. The zero-order chi connectivity index (χ0) is 19.4. The quantitative estimate of drug-likeness (QED) is 0.854. The molecule has 27 heavy (non-hydrogen) atoms. The van der Waals surface area contributed by atoms with Crippen molar-refractivity contribution in [1.82, 2.24) is 10.2 Å². The van der Waals surface area contributed by atoms with Gasteiger partial charge in [-0.1, -0.05) is 36.4 Å². The molecule has 3 rings (SSSR count). The van der Waals surface area contributed by atoms with Crippen LogP contribution in [0, 0.1) is 0 Å². The second-order valence-electron chi connectivity index (χ2n) is 6.97. The normalized spacial score (nSPS) is 16.2. The number of ether oxygens (including phenoxy) is 1. The second kappa shape index (κ2) is 8.25. The van der Waals surface area contributed by atoms with Crippen LogP contribution in [0.3, 0.4) is 0 Å². The Hall–Kier alpha value is -2.82. The van der Waals surface area contributed by atoms with E-state index in [0.29, 0.717) is 19.6 Å². The maximum Gasteiger partial charge on any atom is 0.247 e. The van der Waals surface area contributed by atoms with E-state index in [0.717, 1.165) is 22.4 Å². The van der Waals surface area contributed by atoms with Crippen molar-refractivity contribution in [3.05, 3.63) is 65.2 Å². The van der Waals surface area contributed by atoms with Crippen LogP contribution >= 0.6 is 0 Å². The Morgan fingerprint density at radius 2 is 1.89 bits per heavy atom. The molecule has 1 atom stereocenters. The van der Waals surface area contributed by atoms with Gasteiger partial charge in [0.2, 0.25) is 11.8 Å². The minimum absolute atomic E-state index is 0.00934. The molecule has 5 nitrogen and oxygen atoms in total. The van der Waals surface area contributed by atoms with Gasteiger partial charge < -0.3 is 15.0 Å². The number of amides is 2. The molecule has 2 aromatic rings. The number of carbonyl (C=O) groups is 2. The third-order valence-corrected chi connectivity index (χ3v) is 4.76. The number of hydrogen-bond donors (Lipinski definition) is 1. The summed E-state index contributed by atoms with van der Waals surface area (Å²) in [7, 11) is 0. The lowest BCUT2D eigenvalue weighted by atomic mass is 9.90. The summed E-state index contributed by atoms with van der Waals surface area (Å²) in [4.78, 5) is 27.3. The summed E-state index contributed by atoms with van der Waals surface area (Å²) in [5.41, 5.74) is 2.83. The van der Waals surface area contributed by atoms with Crippen LogP contribution in [0.15, 0.2) is 48.5 Å². The Labute approximate surface area is 160 Å². The standard InChI is InChI=1S/C22H26N2O3/c1-4-27-18-11-9-16(10-12-18)14-23-22(26)21-19-8-6-5-7-17(19)13-20(25)24(21)15(2)3/h5-12,15,21H,4,13-14H2,1-3H3,(H,23,26). The molecule has 1 aliphatic heterocycles. The molecule has 0 radical (unpaired) electrons. The minimum Gasteiger partial charge on any atom is -0.494 e. The second-order valence-corrected chi connectivity index (χ2v) is 6.97. The highest BCUT2D eigenvalue weighted by Gasteiger charge is 2.38. The maximum absolute atomic E-state index is 13.0. The van der Waals surface area contributed by atoms with Crippen molar-refractivity contribution < 1.29 is 14.3 Å². The van der Waals surface area contributed by atoms with E-state index in [1.54, 1.807) is 4.90 Å². The van der Waals surface area contributed by atoms with Crippen molar-refractivity contribution in [3.63, 3.8) is 0 Å². The summed E-state index contributed by atoms with van der Waals surface area (Å²) in [5, 5.41) is 2.99. The van der Waals surface area contributed by atoms with Gasteiger partial charge in [-0.25, -0.2) is 0 Å². The van der Waals surface area contributed by atoms with Gasteiger partial charge in [-0.15, -0.1) is 0 Å². The van der Waals surface area contributed by atoms with Crippen molar-refractivity contribution in [2.45, 2.75) is 45.8 Å². The van der Waals surface area contributed by atoms with E-state index in [4.69, 9.17) is 4.74 Å². The average Bonchev–Trinajstić information content (AvgIpc) is 2.66. The zero-order valence-corrected chi connectivity index (χ0v) is 16.1. The highest BCUT2D eigenvalue weighted by molar-refractivity contribution is 5.92. The van der Waals surface area contributed by atoms with Crippen molar-refractivity contribution in [1.29, 1.82) is 0 Å². The van der Waals surface area contributed by atoms with E-state index in [9.17, 15) is 9.59 Å². The van der Waals surface area contributed by atoms with Gasteiger partial charge in [0.1, 0.15) is 11.8 Å². The maximum atomic E-state index is 13.0. The molecule has 0 aromatic heterocycles. The first-order valence-corrected chi connectivity index (χ1v) is 9.39. The Morgan fingerprint density at radius 3 is 2.56 bits per heavy atom. The monoisotopic (exact) mass is 366 g/mol. The molecule has 1 heterocycles. The summed E-state index contributed by atoms with van der Waals surface area (Å²) in [6.07, 6.45) is 0.344. The van der Waals surface area contributed by atoms with Gasteiger partial charge in [-0.3, -0.25) is 9.59 Å². The zero-order valence-electron chi connectivity index (χ0n) is 16.1. The van der Waals surface area contributed by atoms with Gasteiger partial charge in [0.25, 0.3) is 0 Å². The highest BCUT2D eigenvalue weighted by Crippen LogP contribution is 2.32. The lowest BCUT2D eigenvalue weighted by Crippen LogP contribution is -2.50. The number of carbonyl (C=O) groups excluding carboxylic acids is 2. The summed E-state index contributed by atoms with van der Waals surface area (Å²) in [5.74, 6) is 0.647. The van der Waals surface area contributed by atoms with Crippen molar-refractivity contribution in [2.75, 3.05) is 6.61 Å². The Morgan fingerprint density at radius 1 is 1.19 bits per heavy atom. The number of nitrogens with zero attached hydrogens (tertiary/aromatic N) is 1. The van der Waals surface area contributed by atoms with E-state index in [1.807, 2.05) is 69.3 Å². The van der Waals surface area contributed by atoms with E-state index in [2.05, 4.69) is 5.32 Å². The minimum atomic E-state index is -0.592. The van der Waals surface area contributed by atoms with E-state index in [-0.39, 0.29) is 17.9 Å². The van der Waals surface area contributed by atoms with E-state index in [1.165, 1.54) is 0 Å². The van der Waals surface area contributed by atoms with Crippen molar-refractivity contribution in [2.24, 2.45) is 0 Å². The summed E-state index contributed by atoms with van der Waals surface area (Å²) in [6, 6.07) is 14.7. The number of hydrogen-bond acceptors (Lipinski definition) is 3. The third kappa shape index (κ3) is 4.13. The molecule has 0 saturated heterocycles. The lowest BCUT2D eigenvalue weighted by Gasteiger charge is -2.39. The molecule has 1 unspecified atom stereocenters. The fraction of sp³-hybridized carbons (Fsp3) is 0.364. The predicted octanol–water partition coefficient (Wildman–Crippen LogP) is 3.24. The van der Waals surface area contributed by atoms with Crippen LogP contribution in [0.25, 0.3) is 0 Å². The largest absolute Gasteiger partial charge is 0.494 e. The summed E-state index contributed by atoms with van der Waals surface area (Å²) < 4.78 is 5.44. The molecular formula is C22H26N2O3. The first-order chi connectivity index (χ1) is 13.0. The first-order valence-electron chi connectivity index (χ1n) is 9.39. The smallest absolute Gasteiger partial charge is 0.247 e. The van der Waals surface area contributed by atoms with Gasteiger partial charge in [-0.05, 0) is 49.6 Å². The van der Waals surface area contributed by atoms with Crippen LogP contribution in [0.1, 0.15) is 43.5 Å². The Kier molecular flexibility index (Phi) is 5.79. The van der Waals surface area contributed by atoms with Crippen LogP contribution in [0.5, 0.6) is 5.75 Å². The molecule has 1 N–H and O–H groups in total. The van der Waals surface area contributed by atoms with E-state index >= 15 is 0 Å². The highest BCUT2D eigenvalue weighted by atomic mass is 16.5. The predicted molar refractivity (Wildman–Crippen MR) is 104 cm³/mol. The molecule has 0 saturated carbocycles. The van der Waals surface area contributed by atoms with E-state index < -0.39 is 6.04 Å². The molecule has 1 aliphatic rings. The number of nitrogens with one attached hydrogen (secondary N) is 1. The Bertz CT molecular complexity index is 815. The van der Waals surface area contributed by atoms with Crippen LogP contribution in [0.4, 0.5) is 0 Å². The number of fused-ring (bicyclic) bond motifs is 1. The fourth-order valence-corrected chi connectivity index (χ4v) is 3.52. The van der Waals surface area contributed by atoms with Gasteiger partial charge >= 0.3 is 0 Å². The SMILES string of the molecule is CCOc1ccc(CNC(=O)C2c3ccccc3CC(=O)N2C(C)C)cc1. The van der Waals surface area contributed by atoms with Gasteiger partial charge in [-0.2, -0.15) is 0 Å². The molecule has 5 heteroatoms. The lowest BCUT2D eigenvalue weighted by molar-refractivity contribution is -0.143. The molecular weight excluding hydrogens is 340 g/mol. The van der Waals surface area contributed by atoms with Crippen molar-refractivity contribution >= 4 is 11.8 Å².